The second kappa shape index (κ2) is 10.1. The van der Waals surface area contributed by atoms with Crippen molar-refractivity contribution >= 4 is 52.0 Å². The van der Waals surface area contributed by atoms with Crippen molar-refractivity contribution in [3.8, 4) is 6.07 Å². The third kappa shape index (κ3) is 4.52. The van der Waals surface area contributed by atoms with E-state index in [1.165, 1.54) is 12.1 Å². The van der Waals surface area contributed by atoms with E-state index < -0.39 is 10.8 Å². The highest BCUT2D eigenvalue weighted by Crippen LogP contribution is 2.50. The van der Waals surface area contributed by atoms with E-state index in [2.05, 4.69) is 6.07 Å². The molecular weight excluding hydrogens is 547 g/mol. The van der Waals surface area contributed by atoms with E-state index in [1.807, 2.05) is 30.3 Å². The third-order valence-electron chi connectivity index (χ3n) is 6.84. The van der Waals surface area contributed by atoms with Crippen molar-refractivity contribution in [1.82, 2.24) is 0 Å². The number of carbonyl (C=O) groups is 1. The molecule has 0 bridgehead atoms. The summed E-state index contributed by atoms with van der Waals surface area (Å²) in [6.07, 6.45) is 0.637. The van der Waals surface area contributed by atoms with E-state index in [1.54, 1.807) is 29.2 Å². The summed E-state index contributed by atoms with van der Waals surface area (Å²) in [6.45, 7) is 0. The average Bonchev–Trinajstić information content (AvgIpc) is 2.88. The fourth-order valence-corrected chi connectivity index (χ4v) is 5.94. The van der Waals surface area contributed by atoms with Gasteiger partial charge in [-0.15, -0.1) is 0 Å². The van der Waals surface area contributed by atoms with Crippen LogP contribution in [-0.4, -0.2) is 10.7 Å². The Kier molecular flexibility index (Phi) is 6.89. The van der Waals surface area contributed by atoms with Crippen molar-refractivity contribution in [1.29, 1.82) is 5.26 Å². The lowest BCUT2D eigenvalue weighted by atomic mass is 9.71. The Morgan fingerprint density at radius 1 is 0.974 bits per heavy atom. The number of anilines is 1. The molecule has 1 heterocycles. The number of nitrogens with two attached hydrogens (primary N) is 1. The van der Waals surface area contributed by atoms with Gasteiger partial charge in [-0.3, -0.25) is 19.8 Å². The van der Waals surface area contributed by atoms with Gasteiger partial charge in [0.1, 0.15) is 10.8 Å². The molecule has 3 aromatic carbocycles. The quantitative estimate of drug-likeness (QED) is 0.263. The largest absolute Gasteiger partial charge is 0.384 e. The van der Waals surface area contributed by atoms with Crippen LogP contribution in [0.1, 0.15) is 35.8 Å². The summed E-state index contributed by atoms with van der Waals surface area (Å²) < 4.78 is 0. The number of ketones is 1. The van der Waals surface area contributed by atoms with Crippen molar-refractivity contribution in [3.63, 3.8) is 0 Å². The second-order valence-electron chi connectivity index (χ2n) is 9.07. The van der Waals surface area contributed by atoms with Crippen LogP contribution in [-0.2, 0) is 4.79 Å². The smallest absolute Gasteiger partial charge is 0.288 e. The summed E-state index contributed by atoms with van der Waals surface area (Å²) in [7, 11) is 0. The molecule has 7 nitrogen and oxygen atoms in total. The first-order valence-corrected chi connectivity index (χ1v) is 12.7. The minimum absolute atomic E-state index is 0.0477. The van der Waals surface area contributed by atoms with Crippen LogP contribution in [0.4, 0.5) is 11.4 Å². The van der Waals surface area contributed by atoms with Gasteiger partial charge in [0.15, 0.2) is 5.78 Å². The monoisotopic (exact) mass is 564 g/mol. The standard InChI is InChI=1S/C28H19Cl3N4O3/c29-18-11-19(30)13-20(12-18)34-24-9-17(15-4-2-1-3-5-15)10-25(36)27(24)26(21(14-32)28(34)33)16-6-7-22(31)23(8-16)35(37)38/h1-8,11-13,17,26H,9-10,33H2/t17-,26-/m1/s1. The molecule has 0 saturated carbocycles. The van der Waals surface area contributed by atoms with Gasteiger partial charge in [-0.25, -0.2) is 0 Å². The zero-order chi connectivity index (χ0) is 27.1. The van der Waals surface area contributed by atoms with Crippen LogP contribution in [0.25, 0.3) is 0 Å². The second-order valence-corrected chi connectivity index (χ2v) is 10.4. The molecule has 0 fully saturated rings. The summed E-state index contributed by atoms with van der Waals surface area (Å²) >= 11 is 18.7. The molecule has 2 N–H and O–H groups in total. The SMILES string of the molecule is N#CC1=C(N)N(c2cc(Cl)cc(Cl)c2)C2=C(C(=O)C[C@H](c3ccccc3)C2)[C@@H]1c1ccc(Cl)c([N+](=O)[O-])c1. The zero-order valence-electron chi connectivity index (χ0n) is 19.7. The maximum absolute atomic E-state index is 13.9. The predicted octanol–water partition coefficient (Wildman–Crippen LogP) is 7.25. The number of nitriles is 1. The third-order valence-corrected chi connectivity index (χ3v) is 7.60. The van der Waals surface area contributed by atoms with Crippen LogP contribution in [0.2, 0.25) is 15.1 Å². The molecule has 2 atom stereocenters. The minimum Gasteiger partial charge on any atom is -0.384 e. The van der Waals surface area contributed by atoms with E-state index >= 15 is 0 Å². The molecule has 0 aromatic heterocycles. The Morgan fingerprint density at radius 3 is 2.29 bits per heavy atom. The van der Waals surface area contributed by atoms with Crippen molar-refractivity contribution in [3.05, 3.63) is 126 Å². The first-order valence-electron chi connectivity index (χ1n) is 11.6. The molecule has 2 aliphatic rings. The zero-order valence-corrected chi connectivity index (χ0v) is 22.0. The molecule has 0 saturated heterocycles. The van der Waals surface area contributed by atoms with Gasteiger partial charge in [0, 0.05) is 33.8 Å². The van der Waals surface area contributed by atoms with E-state index in [4.69, 9.17) is 40.5 Å². The van der Waals surface area contributed by atoms with Crippen molar-refractivity contribution in [2.45, 2.75) is 24.7 Å². The van der Waals surface area contributed by atoms with Gasteiger partial charge in [0.2, 0.25) is 0 Å². The molecule has 1 aliphatic heterocycles. The van der Waals surface area contributed by atoms with Gasteiger partial charge >= 0.3 is 0 Å². The van der Waals surface area contributed by atoms with Gasteiger partial charge in [0.05, 0.1) is 28.2 Å². The number of halogens is 3. The lowest BCUT2D eigenvalue weighted by Crippen LogP contribution is -2.40. The van der Waals surface area contributed by atoms with Crippen molar-refractivity contribution in [2.75, 3.05) is 4.90 Å². The highest BCUT2D eigenvalue weighted by Gasteiger charge is 2.43. The Morgan fingerprint density at radius 2 is 1.66 bits per heavy atom. The maximum atomic E-state index is 13.9. The highest BCUT2D eigenvalue weighted by atomic mass is 35.5. The minimum atomic E-state index is -0.902. The highest BCUT2D eigenvalue weighted by molar-refractivity contribution is 6.35. The molecule has 38 heavy (non-hydrogen) atoms. The van der Waals surface area contributed by atoms with Crippen LogP contribution in [0.3, 0.4) is 0 Å². The van der Waals surface area contributed by atoms with Gasteiger partial charge in [-0.05, 0) is 47.7 Å². The Labute approximate surface area is 233 Å². The first-order chi connectivity index (χ1) is 18.2. The fourth-order valence-electron chi connectivity index (χ4n) is 5.24. The molecule has 0 spiro atoms. The van der Waals surface area contributed by atoms with E-state index in [0.717, 1.165) is 5.56 Å². The van der Waals surface area contributed by atoms with Crippen LogP contribution in [0.15, 0.2) is 89.4 Å². The molecule has 0 unspecified atom stereocenters. The van der Waals surface area contributed by atoms with Gasteiger partial charge in [0.25, 0.3) is 5.69 Å². The van der Waals surface area contributed by atoms with Crippen LogP contribution in [0.5, 0.6) is 0 Å². The molecule has 10 heteroatoms. The molecule has 190 valence electrons. The number of allylic oxidation sites excluding steroid dienone is 3. The molecule has 5 rings (SSSR count). The molecule has 1 aliphatic carbocycles. The van der Waals surface area contributed by atoms with Gasteiger partial charge < -0.3 is 5.73 Å². The lowest BCUT2D eigenvalue weighted by Gasteiger charge is -2.41. The number of Topliss-reactive ketones (excluding diaryl/α,β-unsaturated/α-hetero) is 1. The summed E-state index contributed by atoms with van der Waals surface area (Å²) in [5, 5.41) is 22.5. The lowest BCUT2D eigenvalue weighted by molar-refractivity contribution is -0.384. The number of nitro benzene ring substituents is 1. The fraction of sp³-hybridized carbons (Fsp3) is 0.143. The number of hydrogen-bond donors (Lipinski definition) is 1. The number of nitro groups is 1. The van der Waals surface area contributed by atoms with Crippen molar-refractivity contribution in [2.24, 2.45) is 5.73 Å². The summed E-state index contributed by atoms with van der Waals surface area (Å²) in [5.41, 5.74) is 9.23. The number of rotatable bonds is 4. The van der Waals surface area contributed by atoms with E-state index in [9.17, 15) is 20.2 Å². The van der Waals surface area contributed by atoms with Crippen LogP contribution < -0.4 is 10.6 Å². The van der Waals surface area contributed by atoms with Crippen LogP contribution in [0, 0.1) is 21.4 Å². The van der Waals surface area contributed by atoms with E-state index in [-0.39, 0.29) is 40.2 Å². The Hall–Kier alpha value is -3.83. The van der Waals surface area contributed by atoms with Gasteiger partial charge in [-0.2, -0.15) is 5.26 Å². The first kappa shape index (κ1) is 25.8. The maximum Gasteiger partial charge on any atom is 0.288 e. The topological polar surface area (TPSA) is 113 Å². The number of nitrogens with zero attached hydrogens (tertiary/aromatic N) is 3. The predicted molar refractivity (Wildman–Crippen MR) is 147 cm³/mol. The molecule has 3 aromatic rings. The average molecular weight is 566 g/mol. The van der Waals surface area contributed by atoms with Crippen LogP contribution >= 0.6 is 34.8 Å². The normalized spacial score (nSPS) is 19.3. The molecule has 0 radical (unpaired) electrons. The van der Waals surface area contributed by atoms with Crippen molar-refractivity contribution < 1.29 is 9.72 Å². The van der Waals surface area contributed by atoms with E-state index in [0.29, 0.717) is 39.0 Å². The summed E-state index contributed by atoms with van der Waals surface area (Å²) in [4.78, 5) is 26.6. The summed E-state index contributed by atoms with van der Waals surface area (Å²) in [6, 6.07) is 21.0. The Bertz CT molecular complexity index is 1570. The Balaban J connectivity index is 1.77. The van der Waals surface area contributed by atoms with Gasteiger partial charge in [-0.1, -0.05) is 71.2 Å². The number of hydrogen-bond acceptors (Lipinski definition) is 6. The number of carbonyl (C=O) groups excluding carboxylic acids is 1. The molecular formula is C28H19Cl3N4O3. The number of benzene rings is 3. The molecule has 0 amide bonds. The summed E-state index contributed by atoms with van der Waals surface area (Å²) in [5.74, 6) is -1.13.